The molecular weight excluding hydrogens is 296 g/mol. The van der Waals surface area contributed by atoms with Gasteiger partial charge in [0, 0.05) is 18.1 Å². The molecule has 112 valence electrons. The third-order valence-electron chi connectivity index (χ3n) is 2.43. The number of hydrogen-bond donors (Lipinski definition) is 2. The van der Waals surface area contributed by atoms with Crippen molar-refractivity contribution in [1.29, 1.82) is 0 Å². The van der Waals surface area contributed by atoms with E-state index in [1.807, 2.05) is 5.32 Å². The van der Waals surface area contributed by atoms with Crippen LogP contribution in [0.25, 0.3) is 6.08 Å². The number of carbonyl (C=O) groups is 3. The summed E-state index contributed by atoms with van der Waals surface area (Å²) in [4.78, 5) is 34.0. The van der Waals surface area contributed by atoms with Crippen molar-refractivity contribution in [3.05, 3.63) is 40.9 Å². The molecule has 0 saturated heterocycles. The van der Waals surface area contributed by atoms with Crippen molar-refractivity contribution in [3.8, 4) is 0 Å². The number of halogens is 1. The Kier molecular flexibility index (Phi) is 6.42. The molecule has 2 N–H and O–H groups in total. The standard InChI is InChI=1S/C14H15ClN2O4/c1-9(13(19)17-14(20)16-2)21-12(18)8-7-10-5-3-4-6-11(10)15/h3-9H,1-2H3,(H2,16,17,19,20)/b8-7+/t9-/m0/s1. The van der Waals surface area contributed by atoms with Gasteiger partial charge in [0.25, 0.3) is 5.91 Å². The molecular formula is C14H15ClN2O4. The fraction of sp³-hybridized carbons (Fsp3) is 0.214. The minimum Gasteiger partial charge on any atom is -0.449 e. The molecule has 0 aliphatic carbocycles. The Morgan fingerprint density at radius 1 is 1.29 bits per heavy atom. The SMILES string of the molecule is CNC(=O)NC(=O)[C@H](C)OC(=O)/C=C/c1ccccc1Cl. The first-order valence-corrected chi connectivity index (χ1v) is 6.47. The van der Waals surface area contributed by atoms with E-state index in [0.29, 0.717) is 10.6 Å². The Labute approximate surface area is 127 Å². The van der Waals surface area contributed by atoms with Gasteiger partial charge in [-0.15, -0.1) is 0 Å². The lowest BCUT2D eigenvalue weighted by atomic mass is 10.2. The van der Waals surface area contributed by atoms with Gasteiger partial charge in [0.05, 0.1) is 0 Å². The number of urea groups is 1. The molecule has 0 aromatic heterocycles. The summed E-state index contributed by atoms with van der Waals surface area (Å²) in [5.41, 5.74) is 0.651. The van der Waals surface area contributed by atoms with E-state index in [1.165, 1.54) is 20.0 Å². The zero-order chi connectivity index (χ0) is 15.8. The molecule has 1 atom stereocenters. The number of imide groups is 1. The molecule has 1 rings (SSSR count). The van der Waals surface area contributed by atoms with E-state index in [4.69, 9.17) is 16.3 Å². The van der Waals surface area contributed by atoms with Gasteiger partial charge in [-0.3, -0.25) is 10.1 Å². The van der Waals surface area contributed by atoms with Crippen LogP contribution in [0, 0.1) is 0 Å². The van der Waals surface area contributed by atoms with Crippen molar-refractivity contribution in [2.75, 3.05) is 7.05 Å². The van der Waals surface area contributed by atoms with Crippen LogP contribution in [0.4, 0.5) is 4.79 Å². The maximum absolute atomic E-state index is 11.6. The zero-order valence-corrected chi connectivity index (χ0v) is 12.3. The topological polar surface area (TPSA) is 84.5 Å². The lowest BCUT2D eigenvalue weighted by Gasteiger charge is -2.11. The average molecular weight is 311 g/mol. The van der Waals surface area contributed by atoms with Gasteiger partial charge in [-0.2, -0.15) is 0 Å². The minimum atomic E-state index is -1.09. The summed E-state index contributed by atoms with van der Waals surface area (Å²) in [6.07, 6.45) is 1.55. The predicted octanol–water partition coefficient (Wildman–Crippen LogP) is 1.74. The lowest BCUT2D eigenvalue weighted by molar-refractivity contribution is -0.149. The van der Waals surface area contributed by atoms with Crippen molar-refractivity contribution in [2.45, 2.75) is 13.0 Å². The van der Waals surface area contributed by atoms with Gasteiger partial charge in [0.15, 0.2) is 6.10 Å². The maximum Gasteiger partial charge on any atom is 0.331 e. The highest BCUT2D eigenvalue weighted by atomic mass is 35.5. The van der Waals surface area contributed by atoms with Crippen LogP contribution in [0.5, 0.6) is 0 Å². The Hall–Kier alpha value is -2.34. The Bertz CT molecular complexity index is 572. The highest BCUT2D eigenvalue weighted by molar-refractivity contribution is 6.32. The summed E-state index contributed by atoms with van der Waals surface area (Å²) in [6, 6.07) is 6.29. The largest absolute Gasteiger partial charge is 0.449 e. The number of nitrogens with one attached hydrogen (secondary N) is 2. The lowest BCUT2D eigenvalue weighted by Crippen LogP contribution is -2.43. The molecule has 1 aromatic carbocycles. The molecule has 0 saturated carbocycles. The molecule has 0 unspecified atom stereocenters. The summed E-state index contributed by atoms with van der Waals surface area (Å²) in [6.45, 7) is 1.36. The number of carbonyl (C=O) groups excluding carboxylic acids is 3. The molecule has 0 spiro atoms. The normalized spacial score (nSPS) is 11.8. The minimum absolute atomic E-state index is 0.493. The number of rotatable bonds is 4. The fourth-order valence-electron chi connectivity index (χ4n) is 1.31. The number of amides is 3. The van der Waals surface area contributed by atoms with Crippen LogP contribution in [-0.2, 0) is 14.3 Å². The van der Waals surface area contributed by atoms with Gasteiger partial charge in [0.1, 0.15) is 0 Å². The second kappa shape index (κ2) is 8.06. The van der Waals surface area contributed by atoms with Crippen molar-refractivity contribution in [3.63, 3.8) is 0 Å². The van der Waals surface area contributed by atoms with Crippen molar-refractivity contribution < 1.29 is 19.1 Å². The van der Waals surface area contributed by atoms with Crippen molar-refractivity contribution in [2.24, 2.45) is 0 Å². The van der Waals surface area contributed by atoms with Crippen LogP contribution in [-0.4, -0.2) is 31.1 Å². The highest BCUT2D eigenvalue weighted by Gasteiger charge is 2.18. The second-order valence-electron chi connectivity index (χ2n) is 4.00. The fourth-order valence-corrected chi connectivity index (χ4v) is 1.51. The monoisotopic (exact) mass is 310 g/mol. The number of hydrogen-bond acceptors (Lipinski definition) is 4. The van der Waals surface area contributed by atoms with Crippen molar-refractivity contribution in [1.82, 2.24) is 10.6 Å². The van der Waals surface area contributed by atoms with E-state index in [0.717, 1.165) is 6.08 Å². The molecule has 3 amide bonds. The molecule has 0 bridgehead atoms. The molecule has 0 fully saturated rings. The van der Waals surface area contributed by atoms with Gasteiger partial charge < -0.3 is 10.1 Å². The molecule has 0 heterocycles. The van der Waals surface area contributed by atoms with Gasteiger partial charge in [0.2, 0.25) is 0 Å². The zero-order valence-electron chi connectivity index (χ0n) is 11.6. The predicted molar refractivity (Wildman–Crippen MR) is 78.6 cm³/mol. The summed E-state index contributed by atoms with van der Waals surface area (Å²) in [5.74, 6) is -1.43. The molecule has 0 aliphatic rings. The smallest absolute Gasteiger partial charge is 0.331 e. The van der Waals surface area contributed by atoms with Gasteiger partial charge >= 0.3 is 12.0 Å². The van der Waals surface area contributed by atoms with Crippen LogP contribution in [0.2, 0.25) is 5.02 Å². The summed E-state index contributed by atoms with van der Waals surface area (Å²) >= 11 is 5.93. The molecule has 6 nitrogen and oxygen atoms in total. The molecule has 7 heteroatoms. The summed E-state index contributed by atoms with van der Waals surface area (Å²) in [5, 5.41) is 4.72. The maximum atomic E-state index is 11.6. The van der Waals surface area contributed by atoms with Gasteiger partial charge in [-0.1, -0.05) is 29.8 Å². The number of esters is 1. The third kappa shape index (κ3) is 5.66. The first kappa shape index (κ1) is 16.7. The Morgan fingerprint density at radius 2 is 1.95 bits per heavy atom. The van der Waals surface area contributed by atoms with E-state index in [1.54, 1.807) is 24.3 Å². The number of benzene rings is 1. The van der Waals surface area contributed by atoms with E-state index in [-0.39, 0.29) is 0 Å². The third-order valence-corrected chi connectivity index (χ3v) is 2.77. The molecule has 0 aliphatic heterocycles. The van der Waals surface area contributed by atoms with Gasteiger partial charge in [-0.05, 0) is 24.6 Å². The van der Waals surface area contributed by atoms with E-state index in [9.17, 15) is 14.4 Å². The first-order valence-electron chi connectivity index (χ1n) is 6.10. The van der Waals surface area contributed by atoms with Crippen LogP contribution in [0.1, 0.15) is 12.5 Å². The highest BCUT2D eigenvalue weighted by Crippen LogP contribution is 2.16. The van der Waals surface area contributed by atoms with Crippen LogP contribution < -0.4 is 10.6 Å². The van der Waals surface area contributed by atoms with Gasteiger partial charge in [-0.25, -0.2) is 9.59 Å². The number of ether oxygens (including phenoxy) is 1. The Balaban J connectivity index is 2.55. The molecule has 0 radical (unpaired) electrons. The van der Waals surface area contributed by atoms with E-state index < -0.39 is 24.0 Å². The first-order chi connectivity index (χ1) is 9.93. The van der Waals surface area contributed by atoms with Crippen LogP contribution in [0.3, 0.4) is 0 Å². The molecule has 1 aromatic rings. The summed E-state index contributed by atoms with van der Waals surface area (Å²) in [7, 11) is 1.37. The van der Waals surface area contributed by atoms with Crippen LogP contribution in [0.15, 0.2) is 30.3 Å². The summed E-state index contributed by atoms with van der Waals surface area (Å²) < 4.78 is 4.86. The van der Waals surface area contributed by atoms with E-state index >= 15 is 0 Å². The van der Waals surface area contributed by atoms with Crippen molar-refractivity contribution >= 4 is 35.6 Å². The average Bonchev–Trinajstić information content (AvgIpc) is 2.46. The van der Waals surface area contributed by atoms with E-state index in [2.05, 4.69) is 5.32 Å². The van der Waals surface area contributed by atoms with Crippen LogP contribution >= 0.6 is 11.6 Å². The second-order valence-corrected chi connectivity index (χ2v) is 4.41. The Morgan fingerprint density at radius 3 is 2.57 bits per heavy atom. The quantitative estimate of drug-likeness (QED) is 0.655. The molecule has 21 heavy (non-hydrogen) atoms.